The lowest BCUT2D eigenvalue weighted by molar-refractivity contribution is 0.142. The van der Waals surface area contributed by atoms with E-state index < -0.39 is 10.8 Å². The van der Waals surface area contributed by atoms with Gasteiger partial charge in [-0.1, -0.05) is 18.2 Å². The number of hydrogen-bond acceptors (Lipinski definition) is 4. The molecule has 0 bridgehead atoms. The number of urea groups is 1. The highest BCUT2D eigenvalue weighted by atomic mass is 32.2. The van der Waals surface area contributed by atoms with Crippen LogP contribution in [0.5, 0.6) is 0 Å². The summed E-state index contributed by atoms with van der Waals surface area (Å²) in [7, 11) is -0.968. The summed E-state index contributed by atoms with van der Waals surface area (Å²) in [6, 6.07) is 13.5. The van der Waals surface area contributed by atoms with E-state index in [0.29, 0.717) is 18.8 Å². The summed E-state index contributed by atoms with van der Waals surface area (Å²) in [5.74, 6) is 0.486. The van der Waals surface area contributed by atoms with Gasteiger partial charge in [-0.2, -0.15) is 0 Å². The number of nitrogens with zero attached hydrogens (tertiary/aromatic N) is 3. The van der Waals surface area contributed by atoms with E-state index in [-0.39, 0.29) is 10.8 Å². The number of anilines is 1. The molecular formula is C22H30N4O2S. The molecule has 1 aromatic carbocycles. The number of carbonyl (C=O) groups is 1. The first kappa shape index (κ1) is 21.5. The Hall–Kier alpha value is -2.25. The third-order valence-corrected chi connectivity index (χ3v) is 6.89. The van der Waals surface area contributed by atoms with E-state index in [0.717, 1.165) is 36.6 Å². The molecule has 3 rings (SSSR count). The molecule has 0 unspecified atom stereocenters. The normalized spacial score (nSPS) is 16.4. The van der Waals surface area contributed by atoms with Gasteiger partial charge in [0.15, 0.2) is 0 Å². The number of aromatic nitrogens is 1. The average molecular weight is 415 g/mol. The van der Waals surface area contributed by atoms with E-state index in [9.17, 15) is 9.00 Å². The van der Waals surface area contributed by atoms with Gasteiger partial charge in [-0.25, -0.2) is 4.79 Å². The maximum absolute atomic E-state index is 12.6. The third kappa shape index (κ3) is 6.37. The van der Waals surface area contributed by atoms with E-state index in [1.165, 1.54) is 0 Å². The maximum atomic E-state index is 12.6. The largest absolute Gasteiger partial charge is 0.322 e. The number of piperazine rings is 1. The molecule has 7 heteroatoms. The fourth-order valence-electron chi connectivity index (χ4n) is 3.14. The molecule has 0 aliphatic carbocycles. The Morgan fingerprint density at radius 2 is 1.86 bits per heavy atom. The molecule has 2 amide bonds. The lowest BCUT2D eigenvalue weighted by atomic mass is 10.2. The summed E-state index contributed by atoms with van der Waals surface area (Å²) < 4.78 is 12.1. The van der Waals surface area contributed by atoms with Crippen molar-refractivity contribution in [1.82, 2.24) is 14.8 Å². The predicted octanol–water partition coefficient (Wildman–Crippen LogP) is 3.48. The van der Waals surface area contributed by atoms with Crippen molar-refractivity contribution in [2.75, 3.05) is 31.5 Å². The molecule has 1 N–H and O–H groups in total. The summed E-state index contributed by atoms with van der Waals surface area (Å²) in [6.07, 6.45) is 1.81. The molecule has 1 atom stereocenters. The average Bonchev–Trinajstić information content (AvgIpc) is 2.69. The molecule has 1 aliphatic rings. The maximum Gasteiger partial charge on any atom is 0.321 e. The Morgan fingerprint density at radius 1 is 1.10 bits per heavy atom. The van der Waals surface area contributed by atoms with Crippen LogP contribution >= 0.6 is 0 Å². The van der Waals surface area contributed by atoms with Crippen molar-refractivity contribution < 1.29 is 9.00 Å². The van der Waals surface area contributed by atoms with Crippen molar-refractivity contribution in [3.8, 4) is 0 Å². The standard InChI is InChI=1S/C22H30N4O2S/c1-22(2,3)29(28)17-18-7-6-9-19(15-18)24-21(27)26-13-11-25(12-14-26)16-20-8-4-5-10-23-20/h4-10,15H,11-14,16-17H2,1-3H3,(H,24,27)/t29-/m0/s1. The quantitative estimate of drug-likeness (QED) is 0.814. The molecule has 1 aromatic heterocycles. The molecule has 2 aromatic rings. The van der Waals surface area contributed by atoms with Crippen LogP contribution < -0.4 is 5.32 Å². The van der Waals surface area contributed by atoms with Crippen molar-refractivity contribution in [2.45, 2.75) is 37.8 Å². The van der Waals surface area contributed by atoms with Crippen LogP contribution in [0.25, 0.3) is 0 Å². The van der Waals surface area contributed by atoms with E-state index in [2.05, 4.69) is 15.2 Å². The number of nitrogens with one attached hydrogen (secondary N) is 1. The third-order valence-electron chi connectivity index (χ3n) is 4.93. The Bertz CT molecular complexity index is 843. The van der Waals surface area contributed by atoms with Crippen LogP contribution in [0.4, 0.5) is 10.5 Å². The predicted molar refractivity (Wildman–Crippen MR) is 118 cm³/mol. The molecule has 1 fully saturated rings. The number of amides is 2. The fourth-order valence-corrected chi connectivity index (χ4v) is 4.05. The van der Waals surface area contributed by atoms with Crippen molar-refractivity contribution in [2.24, 2.45) is 0 Å². The van der Waals surface area contributed by atoms with E-state index >= 15 is 0 Å². The molecule has 2 heterocycles. The van der Waals surface area contributed by atoms with Gasteiger partial charge in [0.2, 0.25) is 0 Å². The Morgan fingerprint density at radius 3 is 2.52 bits per heavy atom. The van der Waals surface area contributed by atoms with Crippen molar-refractivity contribution >= 4 is 22.5 Å². The zero-order valence-corrected chi connectivity index (χ0v) is 18.2. The van der Waals surface area contributed by atoms with Gasteiger partial charge in [-0.3, -0.25) is 14.1 Å². The van der Waals surface area contributed by atoms with Crippen molar-refractivity contribution in [3.05, 3.63) is 59.9 Å². The highest BCUT2D eigenvalue weighted by Gasteiger charge is 2.22. The van der Waals surface area contributed by atoms with Gasteiger partial charge in [0, 0.05) is 65.9 Å². The fraction of sp³-hybridized carbons (Fsp3) is 0.455. The second kappa shape index (κ2) is 9.50. The minimum Gasteiger partial charge on any atom is -0.322 e. The first-order chi connectivity index (χ1) is 13.8. The molecule has 0 spiro atoms. The highest BCUT2D eigenvalue weighted by Crippen LogP contribution is 2.19. The smallest absolute Gasteiger partial charge is 0.321 e. The van der Waals surface area contributed by atoms with Crippen LogP contribution in [-0.2, 0) is 23.1 Å². The van der Waals surface area contributed by atoms with Crippen molar-refractivity contribution in [1.29, 1.82) is 0 Å². The second-order valence-corrected chi connectivity index (χ2v) is 10.5. The first-order valence-electron chi connectivity index (χ1n) is 9.97. The lowest BCUT2D eigenvalue weighted by Crippen LogP contribution is -2.49. The van der Waals surface area contributed by atoms with Gasteiger partial charge < -0.3 is 10.2 Å². The van der Waals surface area contributed by atoms with E-state index in [1.807, 2.05) is 74.3 Å². The summed E-state index contributed by atoms with van der Waals surface area (Å²) in [5.41, 5.74) is 2.76. The lowest BCUT2D eigenvalue weighted by Gasteiger charge is -2.34. The van der Waals surface area contributed by atoms with Crippen LogP contribution in [0.1, 0.15) is 32.0 Å². The number of carbonyl (C=O) groups excluding carboxylic acids is 1. The highest BCUT2D eigenvalue weighted by molar-refractivity contribution is 7.85. The zero-order chi connectivity index (χ0) is 20.9. The summed E-state index contributed by atoms with van der Waals surface area (Å²) in [4.78, 5) is 21.2. The molecule has 0 radical (unpaired) electrons. The summed E-state index contributed by atoms with van der Waals surface area (Å²) in [5, 5.41) is 2.99. The van der Waals surface area contributed by atoms with E-state index in [4.69, 9.17) is 0 Å². The Labute approximate surface area is 175 Å². The molecule has 156 valence electrons. The molecule has 6 nitrogen and oxygen atoms in total. The van der Waals surface area contributed by atoms with Crippen LogP contribution in [0.15, 0.2) is 48.7 Å². The van der Waals surface area contributed by atoms with Crippen LogP contribution in [0, 0.1) is 0 Å². The zero-order valence-electron chi connectivity index (χ0n) is 17.4. The number of benzene rings is 1. The van der Waals surface area contributed by atoms with Gasteiger partial charge in [-0.05, 0) is 50.6 Å². The molecule has 29 heavy (non-hydrogen) atoms. The second-order valence-electron chi connectivity index (χ2n) is 8.32. The number of pyridine rings is 1. The molecular weight excluding hydrogens is 384 g/mol. The molecule has 0 saturated carbocycles. The van der Waals surface area contributed by atoms with Gasteiger partial charge in [-0.15, -0.1) is 0 Å². The van der Waals surface area contributed by atoms with Gasteiger partial charge in [0.05, 0.1) is 5.69 Å². The van der Waals surface area contributed by atoms with Crippen LogP contribution in [0.2, 0.25) is 0 Å². The summed E-state index contributed by atoms with van der Waals surface area (Å²) in [6.45, 7) is 9.76. The van der Waals surface area contributed by atoms with E-state index in [1.54, 1.807) is 0 Å². The minimum absolute atomic E-state index is 0.0865. The first-order valence-corrected chi connectivity index (χ1v) is 11.3. The number of hydrogen-bond donors (Lipinski definition) is 1. The monoisotopic (exact) mass is 414 g/mol. The molecule has 1 saturated heterocycles. The summed E-state index contributed by atoms with van der Waals surface area (Å²) >= 11 is 0. The van der Waals surface area contributed by atoms with Gasteiger partial charge in [0.25, 0.3) is 0 Å². The van der Waals surface area contributed by atoms with Gasteiger partial charge in [0.1, 0.15) is 0 Å². The van der Waals surface area contributed by atoms with Gasteiger partial charge >= 0.3 is 6.03 Å². The number of rotatable bonds is 5. The Kier molecular flexibility index (Phi) is 7.03. The molecule has 1 aliphatic heterocycles. The SMILES string of the molecule is CC(C)(C)[S@@](=O)Cc1cccc(NC(=O)N2CCN(Cc3ccccn3)CC2)c1. The Balaban J connectivity index is 1.51. The van der Waals surface area contributed by atoms with Crippen molar-refractivity contribution in [3.63, 3.8) is 0 Å². The van der Waals surface area contributed by atoms with Crippen LogP contribution in [0.3, 0.4) is 0 Å². The topological polar surface area (TPSA) is 65.5 Å². The van der Waals surface area contributed by atoms with Crippen LogP contribution in [-0.4, -0.2) is 55.9 Å². The minimum atomic E-state index is -0.968.